The summed E-state index contributed by atoms with van der Waals surface area (Å²) in [6.45, 7) is 7.01. The average Bonchev–Trinajstić information content (AvgIpc) is 3.35. The van der Waals surface area contributed by atoms with Gasteiger partial charge in [-0.15, -0.1) is 0 Å². The summed E-state index contributed by atoms with van der Waals surface area (Å²) in [7, 11) is -3.82. The SMILES string of the molecule is CC[C@H](C)NC(=O)[C@H](CC)N(Cc1ccccc1)C(=O)CN(c1ccc2c(c1)OCO2)S(=O)(=O)CC. The second kappa shape index (κ2) is 12.1. The molecule has 1 aliphatic heterocycles. The molecule has 2 atom stereocenters. The molecule has 1 aliphatic rings. The number of hydrogen-bond acceptors (Lipinski definition) is 6. The Morgan fingerprint density at radius 3 is 2.33 bits per heavy atom. The molecule has 0 bridgehead atoms. The zero-order chi connectivity index (χ0) is 26.3. The van der Waals surface area contributed by atoms with E-state index in [0.29, 0.717) is 23.6 Å². The monoisotopic (exact) mass is 517 g/mol. The quantitative estimate of drug-likeness (QED) is 0.463. The molecule has 0 fully saturated rings. The number of nitrogens with one attached hydrogen (secondary N) is 1. The molecule has 0 unspecified atom stereocenters. The smallest absolute Gasteiger partial charge is 0.244 e. The van der Waals surface area contributed by atoms with Crippen molar-refractivity contribution in [1.82, 2.24) is 10.2 Å². The van der Waals surface area contributed by atoms with Gasteiger partial charge in [0.2, 0.25) is 28.6 Å². The fraction of sp³-hybridized carbons (Fsp3) is 0.462. The van der Waals surface area contributed by atoms with Crippen molar-refractivity contribution in [2.45, 2.75) is 59.2 Å². The normalized spacial score (nSPS) is 14.1. The fourth-order valence-electron chi connectivity index (χ4n) is 3.90. The molecule has 2 amide bonds. The largest absolute Gasteiger partial charge is 0.454 e. The second-order valence-corrected chi connectivity index (χ2v) is 10.9. The van der Waals surface area contributed by atoms with Crippen LogP contribution in [0.3, 0.4) is 0 Å². The van der Waals surface area contributed by atoms with Crippen LogP contribution in [0.5, 0.6) is 11.5 Å². The van der Waals surface area contributed by atoms with E-state index in [1.807, 2.05) is 51.1 Å². The Morgan fingerprint density at radius 1 is 1.00 bits per heavy atom. The zero-order valence-electron chi connectivity index (χ0n) is 21.3. The van der Waals surface area contributed by atoms with E-state index in [0.717, 1.165) is 16.3 Å². The van der Waals surface area contributed by atoms with Crippen molar-refractivity contribution in [2.24, 2.45) is 0 Å². The molecule has 0 spiro atoms. The number of hydrogen-bond donors (Lipinski definition) is 1. The maximum atomic E-state index is 13.8. The Balaban J connectivity index is 1.95. The number of nitrogens with zero attached hydrogens (tertiary/aromatic N) is 2. The third kappa shape index (κ3) is 6.48. The van der Waals surface area contributed by atoms with E-state index >= 15 is 0 Å². The van der Waals surface area contributed by atoms with Crippen LogP contribution < -0.4 is 19.1 Å². The van der Waals surface area contributed by atoms with Crippen LogP contribution in [0.4, 0.5) is 5.69 Å². The number of fused-ring (bicyclic) bond motifs is 1. The number of sulfonamides is 1. The lowest BCUT2D eigenvalue weighted by Gasteiger charge is -2.33. The summed E-state index contributed by atoms with van der Waals surface area (Å²) in [5.74, 6) is -0.00277. The molecule has 0 saturated carbocycles. The van der Waals surface area contributed by atoms with Gasteiger partial charge in [-0.05, 0) is 44.4 Å². The first-order valence-corrected chi connectivity index (χ1v) is 13.8. The number of carbonyl (C=O) groups is 2. The van der Waals surface area contributed by atoms with Crippen molar-refractivity contribution in [3.63, 3.8) is 0 Å². The molecular weight excluding hydrogens is 482 g/mol. The van der Waals surface area contributed by atoms with Crippen LogP contribution in [0.2, 0.25) is 0 Å². The molecule has 2 aromatic rings. The Hall–Kier alpha value is -3.27. The molecule has 0 saturated heterocycles. The Bertz CT molecular complexity index is 1160. The number of ether oxygens (including phenoxy) is 2. The van der Waals surface area contributed by atoms with Crippen LogP contribution in [0.15, 0.2) is 48.5 Å². The summed E-state index contributed by atoms with van der Waals surface area (Å²) in [5, 5.41) is 2.96. The lowest BCUT2D eigenvalue weighted by molar-refractivity contribution is -0.140. The molecule has 36 heavy (non-hydrogen) atoms. The van der Waals surface area contributed by atoms with Gasteiger partial charge in [-0.2, -0.15) is 0 Å². The number of amides is 2. The highest BCUT2D eigenvalue weighted by atomic mass is 32.2. The van der Waals surface area contributed by atoms with E-state index in [1.165, 1.54) is 11.8 Å². The number of anilines is 1. The summed E-state index contributed by atoms with van der Waals surface area (Å²) in [5.41, 5.74) is 1.14. The fourth-order valence-corrected chi connectivity index (χ4v) is 4.95. The minimum Gasteiger partial charge on any atom is -0.454 e. The Labute approximate surface area is 213 Å². The maximum Gasteiger partial charge on any atom is 0.244 e. The van der Waals surface area contributed by atoms with Crippen LogP contribution in [0.1, 0.15) is 46.1 Å². The van der Waals surface area contributed by atoms with Gasteiger partial charge in [0.1, 0.15) is 12.6 Å². The number of carbonyl (C=O) groups excluding carboxylic acids is 2. The molecule has 2 aromatic carbocycles. The topological polar surface area (TPSA) is 105 Å². The van der Waals surface area contributed by atoms with Gasteiger partial charge in [-0.3, -0.25) is 13.9 Å². The van der Waals surface area contributed by atoms with Crippen LogP contribution in [0.25, 0.3) is 0 Å². The van der Waals surface area contributed by atoms with Crippen molar-refractivity contribution in [1.29, 1.82) is 0 Å². The predicted octanol–water partition coefficient (Wildman–Crippen LogP) is 3.29. The van der Waals surface area contributed by atoms with E-state index < -0.39 is 28.5 Å². The zero-order valence-corrected chi connectivity index (χ0v) is 22.1. The first-order valence-electron chi connectivity index (χ1n) is 12.2. The second-order valence-electron chi connectivity index (χ2n) is 8.69. The average molecular weight is 518 g/mol. The number of rotatable bonds is 12. The minimum absolute atomic E-state index is 0.0482. The van der Waals surface area contributed by atoms with E-state index in [9.17, 15) is 18.0 Å². The summed E-state index contributed by atoms with van der Waals surface area (Å²) >= 11 is 0. The van der Waals surface area contributed by atoms with Crippen LogP contribution in [-0.2, 0) is 26.2 Å². The highest BCUT2D eigenvalue weighted by Crippen LogP contribution is 2.36. The van der Waals surface area contributed by atoms with Crippen molar-refractivity contribution in [2.75, 3.05) is 23.4 Å². The molecule has 3 rings (SSSR count). The first-order chi connectivity index (χ1) is 17.2. The van der Waals surface area contributed by atoms with Crippen molar-refractivity contribution < 1.29 is 27.5 Å². The lowest BCUT2D eigenvalue weighted by Crippen LogP contribution is -2.53. The van der Waals surface area contributed by atoms with Gasteiger partial charge in [0, 0.05) is 18.7 Å². The third-order valence-electron chi connectivity index (χ3n) is 6.21. The van der Waals surface area contributed by atoms with Gasteiger partial charge in [0.25, 0.3) is 0 Å². The van der Waals surface area contributed by atoms with Crippen LogP contribution in [0, 0.1) is 0 Å². The van der Waals surface area contributed by atoms with Gasteiger partial charge in [0.15, 0.2) is 11.5 Å². The minimum atomic E-state index is -3.82. The Morgan fingerprint density at radius 2 is 1.69 bits per heavy atom. The first kappa shape index (κ1) is 27.3. The molecule has 9 nitrogen and oxygen atoms in total. The highest BCUT2D eigenvalue weighted by Gasteiger charge is 2.33. The predicted molar refractivity (Wildman–Crippen MR) is 138 cm³/mol. The van der Waals surface area contributed by atoms with E-state index in [4.69, 9.17) is 9.47 Å². The van der Waals surface area contributed by atoms with Crippen LogP contribution >= 0.6 is 0 Å². The van der Waals surface area contributed by atoms with Gasteiger partial charge in [-0.25, -0.2) is 8.42 Å². The van der Waals surface area contributed by atoms with Crippen molar-refractivity contribution in [3.05, 3.63) is 54.1 Å². The summed E-state index contributed by atoms with van der Waals surface area (Å²) in [6, 6.07) is 13.3. The molecule has 196 valence electrons. The molecule has 1 N–H and O–H groups in total. The lowest BCUT2D eigenvalue weighted by atomic mass is 10.1. The summed E-state index contributed by atoms with van der Waals surface area (Å²) < 4.78 is 38.0. The molecule has 0 radical (unpaired) electrons. The molecule has 0 aliphatic carbocycles. The van der Waals surface area contributed by atoms with Gasteiger partial charge in [-0.1, -0.05) is 44.2 Å². The number of benzene rings is 2. The van der Waals surface area contributed by atoms with E-state index in [-0.39, 0.29) is 31.0 Å². The van der Waals surface area contributed by atoms with Gasteiger partial charge in [0.05, 0.1) is 11.4 Å². The standard InChI is InChI=1S/C26H35N3O6S/c1-5-19(4)27-26(31)22(6-2)28(16-20-11-9-8-10-12-20)25(30)17-29(36(32,33)7-3)21-13-14-23-24(15-21)35-18-34-23/h8-15,19,22H,5-7,16-18H2,1-4H3,(H,27,31)/t19-,22-/m0/s1. The summed E-state index contributed by atoms with van der Waals surface area (Å²) in [4.78, 5) is 28.4. The van der Waals surface area contributed by atoms with Gasteiger partial charge >= 0.3 is 0 Å². The summed E-state index contributed by atoms with van der Waals surface area (Å²) in [6.07, 6.45) is 1.13. The Kier molecular flexibility index (Phi) is 9.19. The van der Waals surface area contributed by atoms with Gasteiger partial charge < -0.3 is 19.7 Å². The molecule has 10 heteroatoms. The van der Waals surface area contributed by atoms with Crippen molar-refractivity contribution in [3.8, 4) is 11.5 Å². The van der Waals surface area contributed by atoms with Crippen molar-refractivity contribution >= 4 is 27.5 Å². The molecule has 0 aromatic heterocycles. The highest BCUT2D eigenvalue weighted by molar-refractivity contribution is 7.92. The van der Waals surface area contributed by atoms with E-state index in [1.54, 1.807) is 18.2 Å². The third-order valence-corrected chi connectivity index (χ3v) is 7.95. The molecular formula is C26H35N3O6S. The van der Waals surface area contributed by atoms with Crippen LogP contribution in [-0.4, -0.2) is 56.3 Å². The maximum absolute atomic E-state index is 13.8. The molecule has 1 heterocycles. The van der Waals surface area contributed by atoms with E-state index in [2.05, 4.69) is 5.32 Å².